The summed E-state index contributed by atoms with van der Waals surface area (Å²) in [6.07, 6.45) is 2.47. The molecule has 0 saturated heterocycles. The van der Waals surface area contributed by atoms with Crippen LogP contribution in [0.15, 0.2) is 30.3 Å². The Kier molecular flexibility index (Phi) is 2.46. The van der Waals surface area contributed by atoms with E-state index in [1.807, 2.05) is 30.3 Å². The lowest BCUT2D eigenvalue weighted by Gasteiger charge is -2.30. The zero-order valence-corrected chi connectivity index (χ0v) is 8.53. The number of aliphatic hydroxyl groups is 1. The van der Waals surface area contributed by atoms with E-state index in [1.165, 1.54) is 12.8 Å². The standard InChI is InChI=1S/C12H17NO/c1-12(9-14,10-7-8-10)13-11-5-3-2-4-6-11/h2-6,10,13-14H,7-9H2,1H3. The van der Waals surface area contributed by atoms with E-state index in [-0.39, 0.29) is 12.1 Å². The second-order valence-corrected chi connectivity index (χ2v) is 4.34. The highest BCUT2D eigenvalue weighted by Crippen LogP contribution is 2.41. The van der Waals surface area contributed by atoms with Crippen molar-refractivity contribution in [1.82, 2.24) is 0 Å². The fraction of sp³-hybridized carbons (Fsp3) is 0.500. The third kappa shape index (κ3) is 1.90. The Hall–Kier alpha value is -1.02. The molecule has 2 rings (SSSR count). The van der Waals surface area contributed by atoms with Crippen LogP contribution in [0.3, 0.4) is 0 Å². The highest BCUT2D eigenvalue weighted by atomic mass is 16.3. The monoisotopic (exact) mass is 191 g/mol. The molecule has 76 valence electrons. The van der Waals surface area contributed by atoms with Gasteiger partial charge in [-0.15, -0.1) is 0 Å². The van der Waals surface area contributed by atoms with Crippen molar-refractivity contribution in [3.63, 3.8) is 0 Å². The molecule has 0 spiro atoms. The van der Waals surface area contributed by atoms with Gasteiger partial charge in [-0.05, 0) is 37.8 Å². The lowest BCUT2D eigenvalue weighted by molar-refractivity contribution is 0.206. The maximum absolute atomic E-state index is 9.39. The van der Waals surface area contributed by atoms with Crippen LogP contribution in [-0.4, -0.2) is 17.3 Å². The van der Waals surface area contributed by atoms with Crippen LogP contribution in [0.25, 0.3) is 0 Å². The van der Waals surface area contributed by atoms with E-state index < -0.39 is 0 Å². The lowest BCUT2D eigenvalue weighted by Crippen LogP contribution is -2.41. The Labute approximate surface area is 85.0 Å². The average molecular weight is 191 g/mol. The van der Waals surface area contributed by atoms with Gasteiger partial charge in [-0.1, -0.05) is 18.2 Å². The molecule has 1 unspecified atom stereocenters. The number of para-hydroxylation sites is 1. The third-order valence-electron chi connectivity index (χ3n) is 3.01. The van der Waals surface area contributed by atoms with E-state index in [4.69, 9.17) is 0 Å². The molecule has 2 nitrogen and oxygen atoms in total. The van der Waals surface area contributed by atoms with Gasteiger partial charge in [0.25, 0.3) is 0 Å². The second kappa shape index (κ2) is 3.62. The minimum atomic E-state index is -0.138. The number of hydrogen-bond donors (Lipinski definition) is 2. The molecule has 0 aromatic heterocycles. The molecule has 14 heavy (non-hydrogen) atoms. The first-order valence-corrected chi connectivity index (χ1v) is 5.19. The summed E-state index contributed by atoms with van der Waals surface area (Å²) >= 11 is 0. The molecule has 2 heteroatoms. The zero-order chi connectivity index (χ0) is 10.0. The fourth-order valence-corrected chi connectivity index (χ4v) is 1.84. The van der Waals surface area contributed by atoms with Crippen molar-refractivity contribution in [2.75, 3.05) is 11.9 Å². The van der Waals surface area contributed by atoms with Crippen LogP contribution in [0.2, 0.25) is 0 Å². The average Bonchev–Trinajstić information content (AvgIpc) is 3.03. The van der Waals surface area contributed by atoms with E-state index in [9.17, 15) is 5.11 Å². The van der Waals surface area contributed by atoms with E-state index in [1.54, 1.807) is 0 Å². The molecule has 0 bridgehead atoms. The lowest BCUT2D eigenvalue weighted by atomic mass is 9.96. The summed E-state index contributed by atoms with van der Waals surface area (Å²) in [7, 11) is 0. The van der Waals surface area contributed by atoms with Crippen LogP contribution in [0.4, 0.5) is 5.69 Å². The minimum Gasteiger partial charge on any atom is -0.394 e. The van der Waals surface area contributed by atoms with Gasteiger partial charge < -0.3 is 10.4 Å². The number of rotatable bonds is 4. The molecule has 2 N–H and O–H groups in total. The van der Waals surface area contributed by atoms with E-state index in [0.717, 1.165) is 5.69 Å². The highest BCUT2D eigenvalue weighted by Gasteiger charge is 2.40. The maximum atomic E-state index is 9.39. The van der Waals surface area contributed by atoms with Gasteiger partial charge in [0.05, 0.1) is 12.1 Å². The van der Waals surface area contributed by atoms with Gasteiger partial charge in [-0.2, -0.15) is 0 Å². The first kappa shape index (κ1) is 9.53. The normalized spacial score (nSPS) is 20.1. The van der Waals surface area contributed by atoms with Gasteiger partial charge in [-0.3, -0.25) is 0 Å². The summed E-state index contributed by atoms with van der Waals surface area (Å²) in [4.78, 5) is 0. The molecule has 0 heterocycles. The topological polar surface area (TPSA) is 32.3 Å². The zero-order valence-electron chi connectivity index (χ0n) is 8.53. The van der Waals surface area contributed by atoms with Crippen LogP contribution in [0.1, 0.15) is 19.8 Å². The van der Waals surface area contributed by atoms with E-state index in [0.29, 0.717) is 5.92 Å². The van der Waals surface area contributed by atoms with Crippen LogP contribution >= 0.6 is 0 Å². The summed E-state index contributed by atoms with van der Waals surface area (Å²) in [5, 5.41) is 12.8. The molecular formula is C12H17NO. The van der Waals surface area contributed by atoms with Gasteiger partial charge in [0.1, 0.15) is 0 Å². The van der Waals surface area contributed by atoms with Gasteiger partial charge in [0.15, 0.2) is 0 Å². The molecule has 1 fully saturated rings. The van der Waals surface area contributed by atoms with E-state index >= 15 is 0 Å². The Morgan fingerprint density at radius 2 is 2.00 bits per heavy atom. The quantitative estimate of drug-likeness (QED) is 0.765. The molecule has 0 amide bonds. The predicted molar refractivity (Wildman–Crippen MR) is 58.3 cm³/mol. The number of nitrogens with one attached hydrogen (secondary N) is 1. The number of anilines is 1. The Balaban J connectivity index is 2.08. The van der Waals surface area contributed by atoms with Crippen LogP contribution in [0, 0.1) is 5.92 Å². The Bertz CT molecular complexity index is 294. The summed E-state index contributed by atoms with van der Waals surface area (Å²) in [6.45, 7) is 2.30. The van der Waals surface area contributed by atoms with Crippen molar-refractivity contribution in [1.29, 1.82) is 0 Å². The highest BCUT2D eigenvalue weighted by molar-refractivity contribution is 5.45. The van der Waals surface area contributed by atoms with Crippen LogP contribution in [0.5, 0.6) is 0 Å². The van der Waals surface area contributed by atoms with Gasteiger partial charge in [0, 0.05) is 5.69 Å². The summed E-state index contributed by atoms with van der Waals surface area (Å²) in [6, 6.07) is 10.1. The molecular weight excluding hydrogens is 174 g/mol. The first-order chi connectivity index (χ1) is 6.74. The van der Waals surface area contributed by atoms with Crippen molar-refractivity contribution in [3.8, 4) is 0 Å². The van der Waals surface area contributed by atoms with Crippen LogP contribution in [-0.2, 0) is 0 Å². The molecule has 0 aliphatic heterocycles. The summed E-state index contributed by atoms with van der Waals surface area (Å²) in [5.41, 5.74) is 0.956. The maximum Gasteiger partial charge on any atom is 0.0661 e. The first-order valence-electron chi connectivity index (χ1n) is 5.19. The molecule has 1 aliphatic rings. The molecule has 1 aromatic rings. The van der Waals surface area contributed by atoms with E-state index in [2.05, 4.69) is 12.2 Å². The summed E-state index contributed by atoms with van der Waals surface area (Å²) in [5.74, 6) is 0.632. The fourth-order valence-electron chi connectivity index (χ4n) is 1.84. The van der Waals surface area contributed by atoms with Crippen molar-refractivity contribution in [3.05, 3.63) is 30.3 Å². The molecule has 0 radical (unpaired) electrons. The molecule has 1 atom stereocenters. The SMILES string of the molecule is CC(CO)(Nc1ccccc1)C1CC1. The van der Waals surface area contributed by atoms with Crippen LogP contribution < -0.4 is 5.32 Å². The number of hydrogen-bond acceptors (Lipinski definition) is 2. The van der Waals surface area contributed by atoms with Gasteiger partial charge in [0.2, 0.25) is 0 Å². The largest absolute Gasteiger partial charge is 0.394 e. The van der Waals surface area contributed by atoms with Crippen molar-refractivity contribution in [2.45, 2.75) is 25.3 Å². The van der Waals surface area contributed by atoms with Crippen molar-refractivity contribution in [2.24, 2.45) is 5.92 Å². The van der Waals surface area contributed by atoms with Gasteiger partial charge in [-0.25, -0.2) is 0 Å². The van der Waals surface area contributed by atoms with Crippen molar-refractivity contribution >= 4 is 5.69 Å². The summed E-state index contributed by atoms with van der Waals surface area (Å²) < 4.78 is 0. The molecule has 1 aromatic carbocycles. The number of aliphatic hydroxyl groups excluding tert-OH is 1. The second-order valence-electron chi connectivity index (χ2n) is 4.34. The Morgan fingerprint density at radius 3 is 2.50 bits per heavy atom. The molecule has 1 aliphatic carbocycles. The minimum absolute atomic E-state index is 0.138. The Morgan fingerprint density at radius 1 is 1.36 bits per heavy atom. The number of benzene rings is 1. The van der Waals surface area contributed by atoms with Gasteiger partial charge >= 0.3 is 0 Å². The predicted octanol–water partition coefficient (Wildman–Crippen LogP) is 2.26. The van der Waals surface area contributed by atoms with Crippen molar-refractivity contribution < 1.29 is 5.11 Å². The smallest absolute Gasteiger partial charge is 0.0661 e. The molecule has 1 saturated carbocycles. The third-order valence-corrected chi connectivity index (χ3v) is 3.01.